The first-order valence-corrected chi connectivity index (χ1v) is 11.3. The molecule has 2 fully saturated rings. The molecular weight excluding hydrogens is 348 g/mol. The van der Waals surface area contributed by atoms with Crippen LogP contribution in [-0.2, 0) is 14.8 Å². The zero-order valence-corrected chi connectivity index (χ0v) is 16.2. The third kappa shape index (κ3) is 5.07. The molecule has 1 aromatic carbocycles. The second-order valence-corrected chi connectivity index (χ2v) is 9.54. The molecule has 1 aliphatic carbocycles. The van der Waals surface area contributed by atoms with Gasteiger partial charge >= 0.3 is 0 Å². The van der Waals surface area contributed by atoms with Gasteiger partial charge in [0.1, 0.15) is 0 Å². The molecule has 0 unspecified atom stereocenters. The Bertz CT molecular complexity index is 676. The molecule has 1 saturated carbocycles. The summed E-state index contributed by atoms with van der Waals surface area (Å²) >= 11 is 0. The van der Waals surface area contributed by atoms with Crippen molar-refractivity contribution >= 4 is 15.9 Å². The summed E-state index contributed by atoms with van der Waals surface area (Å²) in [5, 5.41) is 3.11. The van der Waals surface area contributed by atoms with E-state index in [1.54, 1.807) is 24.3 Å². The van der Waals surface area contributed by atoms with Gasteiger partial charge in [-0.2, -0.15) is 4.31 Å². The molecule has 1 saturated heterocycles. The van der Waals surface area contributed by atoms with Gasteiger partial charge in [0.05, 0.1) is 4.90 Å². The SMILES string of the molecule is O=C(CCC1CCCCC1)NC1CCN(S(=O)(=O)c2ccccc2)CC1. The van der Waals surface area contributed by atoms with Crippen LogP contribution in [0.5, 0.6) is 0 Å². The highest BCUT2D eigenvalue weighted by Gasteiger charge is 2.29. The molecule has 1 N–H and O–H groups in total. The van der Waals surface area contributed by atoms with E-state index in [0.717, 1.165) is 6.42 Å². The summed E-state index contributed by atoms with van der Waals surface area (Å²) in [5.41, 5.74) is 0. The van der Waals surface area contributed by atoms with E-state index >= 15 is 0 Å². The van der Waals surface area contributed by atoms with Crippen LogP contribution in [0.1, 0.15) is 57.8 Å². The number of benzene rings is 1. The van der Waals surface area contributed by atoms with Crippen LogP contribution in [0.4, 0.5) is 0 Å². The van der Waals surface area contributed by atoms with E-state index in [4.69, 9.17) is 0 Å². The first kappa shape index (κ1) is 19.4. The van der Waals surface area contributed by atoms with Gasteiger partial charge in [0.15, 0.2) is 0 Å². The maximum atomic E-state index is 12.6. The lowest BCUT2D eigenvalue weighted by atomic mass is 9.86. The van der Waals surface area contributed by atoms with Crippen LogP contribution in [0.2, 0.25) is 0 Å². The predicted octanol–water partition coefficient (Wildman–Crippen LogP) is 3.32. The maximum Gasteiger partial charge on any atom is 0.243 e. The van der Waals surface area contributed by atoms with Crippen molar-refractivity contribution < 1.29 is 13.2 Å². The van der Waals surface area contributed by atoms with Crippen LogP contribution in [0.25, 0.3) is 0 Å². The van der Waals surface area contributed by atoms with E-state index < -0.39 is 10.0 Å². The van der Waals surface area contributed by atoms with Crippen LogP contribution in [0.3, 0.4) is 0 Å². The van der Waals surface area contributed by atoms with Crippen LogP contribution >= 0.6 is 0 Å². The number of sulfonamides is 1. The summed E-state index contributed by atoms with van der Waals surface area (Å²) in [7, 11) is -3.42. The number of nitrogens with one attached hydrogen (secondary N) is 1. The number of piperidine rings is 1. The van der Waals surface area contributed by atoms with Gasteiger partial charge in [0.2, 0.25) is 15.9 Å². The third-order valence-corrected chi connectivity index (χ3v) is 7.62. The third-order valence-electron chi connectivity index (χ3n) is 5.70. The van der Waals surface area contributed by atoms with E-state index in [1.165, 1.54) is 36.4 Å². The Hall–Kier alpha value is -1.40. The molecule has 5 nitrogen and oxygen atoms in total. The lowest BCUT2D eigenvalue weighted by Gasteiger charge is -2.31. The summed E-state index contributed by atoms with van der Waals surface area (Å²) in [6.07, 6.45) is 9.45. The Kier molecular flexibility index (Phi) is 6.70. The zero-order chi connectivity index (χ0) is 18.4. The molecule has 0 spiro atoms. The lowest BCUT2D eigenvalue weighted by molar-refractivity contribution is -0.122. The largest absolute Gasteiger partial charge is 0.353 e. The molecule has 26 heavy (non-hydrogen) atoms. The van der Waals surface area contributed by atoms with Crippen molar-refractivity contribution in [1.29, 1.82) is 0 Å². The molecule has 1 heterocycles. The average molecular weight is 379 g/mol. The predicted molar refractivity (Wildman–Crippen MR) is 102 cm³/mol. The highest BCUT2D eigenvalue weighted by molar-refractivity contribution is 7.89. The van der Waals surface area contributed by atoms with Crippen molar-refractivity contribution in [2.45, 2.75) is 68.7 Å². The van der Waals surface area contributed by atoms with Crippen molar-refractivity contribution in [2.24, 2.45) is 5.92 Å². The van der Waals surface area contributed by atoms with Crippen LogP contribution in [0.15, 0.2) is 35.2 Å². The number of hydrogen-bond acceptors (Lipinski definition) is 3. The van der Waals surface area contributed by atoms with Crippen LogP contribution < -0.4 is 5.32 Å². The minimum absolute atomic E-state index is 0.0936. The van der Waals surface area contributed by atoms with Gasteiger partial charge in [0, 0.05) is 25.6 Å². The number of rotatable bonds is 6. The summed E-state index contributed by atoms with van der Waals surface area (Å²) in [5.74, 6) is 0.840. The number of hydrogen-bond donors (Lipinski definition) is 1. The second kappa shape index (κ2) is 9.00. The first-order valence-electron chi connectivity index (χ1n) is 9.90. The van der Waals surface area contributed by atoms with E-state index in [-0.39, 0.29) is 11.9 Å². The summed E-state index contributed by atoms with van der Waals surface area (Å²) in [6.45, 7) is 0.926. The van der Waals surface area contributed by atoms with Crippen molar-refractivity contribution in [3.05, 3.63) is 30.3 Å². The molecule has 1 aromatic rings. The Balaban J connectivity index is 1.42. The van der Waals surface area contributed by atoms with Gasteiger partial charge in [-0.15, -0.1) is 0 Å². The Morgan fingerprint density at radius 3 is 2.31 bits per heavy atom. The highest BCUT2D eigenvalue weighted by Crippen LogP contribution is 2.27. The zero-order valence-electron chi connectivity index (χ0n) is 15.4. The average Bonchev–Trinajstić information content (AvgIpc) is 2.68. The molecule has 3 rings (SSSR count). The van der Waals surface area contributed by atoms with Crippen LogP contribution in [0, 0.1) is 5.92 Å². The Labute approximate surface area is 157 Å². The molecule has 6 heteroatoms. The van der Waals surface area contributed by atoms with Crippen molar-refractivity contribution in [3.63, 3.8) is 0 Å². The van der Waals surface area contributed by atoms with Crippen molar-refractivity contribution in [3.8, 4) is 0 Å². The highest BCUT2D eigenvalue weighted by atomic mass is 32.2. The fourth-order valence-electron chi connectivity index (χ4n) is 4.09. The van der Waals surface area contributed by atoms with E-state index in [1.807, 2.05) is 6.07 Å². The van der Waals surface area contributed by atoms with E-state index in [2.05, 4.69) is 5.32 Å². The Morgan fingerprint density at radius 1 is 1.00 bits per heavy atom. The molecule has 0 bridgehead atoms. The standard InChI is InChI=1S/C20H30N2O3S/c23-20(12-11-17-7-3-1-4-8-17)21-18-13-15-22(16-14-18)26(24,25)19-9-5-2-6-10-19/h2,5-6,9-10,17-18H,1,3-4,7-8,11-16H2,(H,21,23). The van der Waals surface area contributed by atoms with Gasteiger partial charge < -0.3 is 5.32 Å². The fourth-order valence-corrected chi connectivity index (χ4v) is 5.58. The van der Waals surface area contributed by atoms with Gasteiger partial charge in [-0.25, -0.2) is 8.42 Å². The van der Waals surface area contributed by atoms with Crippen LogP contribution in [-0.4, -0.2) is 37.8 Å². The molecule has 1 amide bonds. The first-order chi connectivity index (χ1) is 12.6. The normalized spacial score (nSPS) is 20.8. The maximum absolute atomic E-state index is 12.6. The number of amides is 1. The summed E-state index contributed by atoms with van der Waals surface area (Å²) in [4.78, 5) is 12.6. The Morgan fingerprint density at radius 2 is 1.65 bits per heavy atom. The topological polar surface area (TPSA) is 66.5 Å². The monoisotopic (exact) mass is 378 g/mol. The summed E-state index contributed by atoms with van der Waals surface area (Å²) < 4.78 is 26.8. The summed E-state index contributed by atoms with van der Waals surface area (Å²) in [6, 6.07) is 8.66. The number of carbonyl (C=O) groups excluding carboxylic acids is 1. The van der Waals surface area contributed by atoms with E-state index in [9.17, 15) is 13.2 Å². The van der Waals surface area contributed by atoms with Crippen molar-refractivity contribution in [2.75, 3.05) is 13.1 Å². The quantitative estimate of drug-likeness (QED) is 0.826. The van der Waals surface area contributed by atoms with Gasteiger partial charge in [0.25, 0.3) is 0 Å². The number of nitrogens with zero attached hydrogens (tertiary/aromatic N) is 1. The molecule has 0 aromatic heterocycles. The lowest BCUT2D eigenvalue weighted by Crippen LogP contribution is -2.46. The molecule has 2 aliphatic rings. The molecule has 0 atom stereocenters. The molecule has 144 valence electrons. The van der Waals surface area contributed by atoms with Gasteiger partial charge in [-0.3, -0.25) is 4.79 Å². The minimum atomic E-state index is -3.42. The molecule has 0 radical (unpaired) electrons. The smallest absolute Gasteiger partial charge is 0.243 e. The molecule has 1 aliphatic heterocycles. The second-order valence-electron chi connectivity index (χ2n) is 7.60. The van der Waals surface area contributed by atoms with Crippen molar-refractivity contribution in [1.82, 2.24) is 9.62 Å². The van der Waals surface area contributed by atoms with E-state index in [0.29, 0.717) is 43.2 Å². The minimum Gasteiger partial charge on any atom is -0.353 e. The number of carbonyl (C=O) groups is 1. The van der Waals surface area contributed by atoms with Gasteiger partial charge in [-0.1, -0.05) is 50.3 Å². The fraction of sp³-hybridized carbons (Fsp3) is 0.650. The molecular formula is C20H30N2O3S. The van der Waals surface area contributed by atoms with Gasteiger partial charge in [-0.05, 0) is 37.3 Å².